The molecule has 0 bridgehead atoms. The van der Waals surface area contributed by atoms with Crippen LogP contribution in [0.4, 0.5) is 5.69 Å². The second kappa shape index (κ2) is 9.25. The molecule has 0 radical (unpaired) electrons. The molecule has 9 nitrogen and oxygen atoms in total. The van der Waals surface area contributed by atoms with E-state index < -0.39 is 0 Å². The Morgan fingerprint density at radius 3 is 2.59 bits per heavy atom. The van der Waals surface area contributed by atoms with Crippen molar-refractivity contribution < 1.29 is 9.59 Å². The third kappa shape index (κ3) is 5.26. The lowest BCUT2D eigenvalue weighted by molar-refractivity contribution is -0.131. The van der Waals surface area contributed by atoms with Gasteiger partial charge < -0.3 is 15.1 Å². The zero-order valence-corrected chi connectivity index (χ0v) is 17.1. The highest BCUT2D eigenvalue weighted by atomic mass is 32.2. The van der Waals surface area contributed by atoms with Crippen molar-refractivity contribution >= 4 is 29.3 Å². The Kier molecular flexibility index (Phi) is 6.28. The number of benzene rings is 1. The van der Waals surface area contributed by atoms with E-state index in [0.717, 1.165) is 25.9 Å². The summed E-state index contributed by atoms with van der Waals surface area (Å²) in [6, 6.07) is 10.6. The summed E-state index contributed by atoms with van der Waals surface area (Å²) < 4.78 is 1.79. The highest BCUT2D eigenvalue weighted by molar-refractivity contribution is 7.99. The van der Waals surface area contributed by atoms with E-state index in [9.17, 15) is 9.59 Å². The summed E-state index contributed by atoms with van der Waals surface area (Å²) >= 11 is 1.33. The number of anilines is 1. The van der Waals surface area contributed by atoms with Crippen molar-refractivity contribution in [1.29, 1.82) is 0 Å². The fourth-order valence-electron chi connectivity index (χ4n) is 3.33. The summed E-state index contributed by atoms with van der Waals surface area (Å²) in [6.45, 7) is 3.43. The van der Waals surface area contributed by atoms with Gasteiger partial charge in [0, 0.05) is 44.8 Å². The maximum absolute atomic E-state index is 12.4. The lowest BCUT2D eigenvalue weighted by Gasteiger charge is -2.36. The van der Waals surface area contributed by atoms with Crippen LogP contribution < -0.4 is 10.2 Å². The van der Waals surface area contributed by atoms with E-state index in [0.29, 0.717) is 37.3 Å². The number of nitrogens with one attached hydrogen (secondary N) is 1. The Balaban J connectivity index is 1.13. The number of hydrogen-bond donors (Lipinski definition) is 1. The first-order valence-electron chi connectivity index (χ1n) is 9.96. The quantitative estimate of drug-likeness (QED) is 0.642. The van der Waals surface area contributed by atoms with Crippen LogP contribution in [0.15, 0.2) is 35.5 Å². The summed E-state index contributed by atoms with van der Waals surface area (Å²) in [5, 5.41) is 15.1. The van der Waals surface area contributed by atoms with Gasteiger partial charge in [-0.25, -0.2) is 4.68 Å². The van der Waals surface area contributed by atoms with Gasteiger partial charge >= 0.3 is 0 Å². The van der Waals surface area contributed by atoms with E-state index in [2.05, 4.69) is 37.9 Å². The van der Waals surface area contributed by atoms with Gasteiger partial charge in [-0.1, -0.05) is 30.0 Å². The van der Waals surface area contributed by atoms with Crippen LogP contribution in [0.2, 0.25) is 0 Å². The molecule has 2 aliphatic rings. The average Bonchev–Trinajstić information content (AvgIpc) is 3.50. The van der Waals surface area contributed by atoms with Crippen molar-refractivity contribution in [1.82, 2.24) is 30.4 Å². The van der Waals surface area contributed by atoms with Crippen LogP contribution in [0.5, 0.6) is 0 Å². The zero-order chi connectivity index (χ0) is 20.1. The maximum atomic E-state index is 12.4. The van der Waals surface area contributed by atoms with Crippen LogP contribution in [-0.2, 0) is 9.59 Å². The molecule has 2 heterocycles. The Hall–Kier alpha value is -2.62. The van der Waals surface area contributed by atoms with Crippen LogP contribution in [0.1, 0.15) is 25.3 Å². The van der Waals surface area contributed by atoms with Gasteiger partial charge in [-0.3, -0.25) is 9.59 Å². The molecule has 1 saturated carbocycles. The molecule has 154 valence electrons. The summed E-state index contributed by atoms with van der Waals surface area (Å²) in [4.78, 5) is 28.6. The van der Waals surface area contributed by atoms with Gasteiger partial charge in [-0.2, -0.15) is 0 Å². The largest absolute Gasteiger partial charge is 0.368 e. The molecule has 1 aliphatic heterocycles. The number of aromatic nitrogens is 4. The molecule has 0 spiro atoms. The molecule has 0 atom stereocenters. The molecular weight excluding hydrogens is 390 g/mol. The van der Waals surface area contributed by atoms with Crippen molar-refractivity contribution in [2.45, 2.75) is 30.5 Å². The molecule has 29 heavy (non-hydrogen) atoms. The number of nitrogens with zero attached hydrogens (tertiary/aromatic N) is 6. The maximum Gasteiger partial charge on any atom is 0.230 e. The van der Waals surface area contributed by atoms with Gasteiger partial charge in [0.25, 0.3) is 0 Å². The summed E-state index contributed by atoms with van der Waals surface area (Å²) in [7, 11) is 0. The second-order valence-corrected chi connectivity index (χ2v) is 8.17. The number of para-hydroxylation sites is 1. The van der Waals surface area contributed by atoms with Gasteiger partial charge in [-0.05, 0) is 35.4 Å². The summed E-state index contributed by atoms with van der Waals surface area (Å²) in [6.07, 6.45) is 2.50. The van der Waals surface area contributed by atoms with Crippen molar-refractivity contribution in [3.63, 3.8) is 0 Å². The molecule has 1 aromatic heterocycles. The highest BCUT2D eigenvalue weighted by Crippen LogP contribution is 2.36. The van der Waals surface area contributed by atoms with Gasteiger partial charge in [-0.15, -0.1) is 5.10 Å². The number of tetrazole rings is 1. The Bertz CT molecular complexity index is 832. The zero-order valence-electron chi connectivity index (χ0n) is 16.2. The lowest BCUT2D eigenvalue weighted by atomic mass is 10.2. The van der Waals surface area contributed by atoms with Crippen LogP contribution >= 0.6 is 11.8 Å². The second-order valence-electron chi connectivity index (χ2n) is 7.23. The number of thioether (sulfide) groups is 1. The van der Waals surface area contributed by atoms with Gasteiger partial charge in [0.1, 0.15) is 0 Å². The fraction of sp³-hybridized carbons (Fsp3) is 0.526. The molecule has 1 aliphatic carbocycles. The predicted molar refractivity (Wildman–Crippen MR) is 110 cm³/mol. The number of carbonyl (C=O) groups is 2. The van der Waals surface area contributed by atoms with Crippen molar-refractivity contribution in [3.8, 4) is 0 Å². The predicted octanol–water partition coefficient (Wildman–Crippen LogP) is 0.955. The monoisotopic (exact) mass is 415 g/mol. The van der Waals surface area contributed by atoms with Crippen LogP contribution in [-0.4, -0.2) is 75.4 Å². The van der Waals surface area contributed by atoms with E-state index in [1.807, 2.05) is 23.1 Å². The minimum atomic E-state index is -0.109. The van der Waals surface area contributed by atoms with E-state index in [-0.39, 0.29) is 17.6 Å². The third-order valence-corrected chi connectivity index (χ3v) is 6.04. The molecule has 2 aromatic rings. The van der Waals surface area contributed by atoms with Gasteiger partial charge in [0.2, 0.25) is 17.0 Å². The molecule has 10 heteroatoms. The van der Waals surface area contributed by atoms with E-state index >= 15 is 0 Å². The topological polar surface area (TPSA) is 96.2 Å². The number of carbonyl (C=O) groups excluding carboxylic acids is 2. The molecule has 0 unspecified atom stereocenters. The summed E-state index contributed by atoms with van der Waals surface area (Å²) in [5.41, 5.74) is 1.19. The first-order valence-corrected chi connectivity index (χ1v) is 10.9. The number of piperazine rings is 1. The fourth-order valence-corrected chi connectivity index (χ4v) is 4.10. The standard InChI is InChI=1S/C19H25N7O2S/c27-17(14-29-19-21-22-23-26(19)16-6-7-16)20-9-8-18(28)25-12-10-24(11-13-25)15-4-2-1-3-5-15/h1-5,16H,6-14H2,(H,20,27). The van der Waals surface area contributed by atoms with Gasteiger partial charge in [0.05, 0.1) is 11.8 Å². The molecule has 1 N–H and O–H groups in total. The first-order chi connectivity index (χ1) is 14.2. The molecule has 2 amide bonds. The van der Waals surface area contributed by atoms with E-state index in [1.54, 1.807) is 4.68 Å². The summed E-state index contributed by atoms with van der Waals surface area (Å²) in [5.74, 6) is 0.224. The van der Waals surface area contributed by atoms with E-state index in [1.165, 1.54) is 17.4 Å². The minimum Gasteiger partial charge on any atom is -0.368 e. The Morgan fingerprint density at radius 1 is 1.10 bits per heavy atom. The van der Waals surface area contributed by atoms with Crippen LogP contribution in [0, 0.1) is 0 Å². The van der Waals surface area contributed by atoms with Crippen LogP contribution in [0.3, 0.4) is 0 Å². The number of rotatable bonds is 8. The van der Waals surface area contributed by atoms with Crippen molar-refractivity contribution in [2.24, 2.45) is 0 Å². The van der Waals surface area contributed by atoms with Crippen LogP contribution in [0.25, 0.3) is 0 Å². The molecule has 4 rings (SSSR count). The average molecular weight is 416 g/mol. The highest BCUT2D eigenvalue weighted by Gasteiger charge is 2.28. The molecule has 2 fully saturated rings. The molecule has 1 aromatic carbocycles. The van der Waals surface area contributed by atoms with Crippen molar-refractivity contribution in [3.05, 3.63) is 30.3 Å². The Labute approximate surface area is 173 Å². The van der Waals surface area contributed by atoms with E-state index in [4.69, 9.17) is 0 Å². The SMILES string of the molecule is O=C(CSc1nnnn1C1CC1)NCCC(=O)N1CCN(c2ccccc2)CC1. The van der Waals surface area contributed by atoms with Crippen molar-refractivity contribution in [2.75, 3.05) is 43.4 Å². The van der Waals surface area contributed by atoms with Gasteiger partial charge in [0.15, 0.2) is 0 Å². The smallest absolute Gasteiger partial charge is 0.230 e. The lowest BCUT2D eigenvalue weighted by Crippen LogP contribution is -2.49. The minimum absolute atomic E-state index is 0.0864. The third-order valence-electron chi connectivity index (χ3n) is 5.10. The number of hydrogen-bond acceptors (Lipinski definition) is 7. The number of amides is 2. The first kappa shape index (κ1) is 19.7. The Morgan fingerprint density at radius 2 is 1.86 bits per heavy atom. The molecule has 1 saturated heterocycles. The molecular formula is C19H25N7O2S. The normalized spacial score (nSPS) is 16.7.